The summed E-state index contributed by atoms with van der Waals surface area (Å²) in [7, 11) is -2.44. The summed E-state index contributed by atoms with van der Waals surface area (Å²) in [5.41, 5.74) is 0.949. The molecule has 0 amide bonds. The summed E-state index contributed by atoms with van der Waals surface area (Å²) in [6.45, 7) is 7.53. The molecule has 0 aliphatic heterocycles. The van der Waals surface area contributed by atoms with Crippen molar-refractivity contribution in [1.82, 2.24) is 4.98 Å². The minimum Gasteiger partial charge on any atom is -0.407 e. The number of hydrogen-bond acceptors (Lipinski definition) is 2. The van der Waals surface area contributed by atoms with Gasteiger partial charge in [-0.2, -0.15) is 0 Å². The van der Waals surface area contributed by atoms with E-state index in [1.165, 1.54) is 10.4 Å². The molecule has 133 valence electrons. The Morgan fingerprint density at radius 3 is 1.92 bits per heavy atom. The summed E-state index contributed by atoms with van der Waals surface area (Å²) in [6.07, 6.45) is 2.58. The van der Waals surface area contributed by atoms with Crippen LogP contribution in [0.15, 0.2) is 79.0 Å². The predicted octanol–water partition coefficient (Wildman–Crippen LogP) is 4.00. The Labute approximate surface area is 158 Å². The van der Waals surface area contributed by atoms with Crippen molar-refractivity contribution >= 4 is 18.7 Å². The highest BCUT2D eigenvalue weighted by atomic mass is 28.4. The third-order valence-corrected chi connectivity index (χ3v) is 9.78. The zero-order valence-electron chi connectivity index (χ0n) is 15.8. The molecule has 1 aromatic heterocycles. The molecule has 0 unspecified atom stereocenters. The lowest BCUT2D eigenvalue weighted by molar-refractivity contribution is 0.300. The van der Waals surface area contributed by atoms with Crippen LogP contribution in [-0.2, 0) is 10.8 Å². The molecular weight excluding hydrogens is 334 g/mol. The van der Waals surface area contributed by atoms with Crippen molar-refractivity contribution in [2.75, 3.05) is 6.61 Å². The lowest BCUT2D eigenvalue weighted by Crippen LogP contribution is -2.66. The van der Waals surface area contributed by atoms with E-state index < -0.39 is 8.32 Å². The molecule has 2 aromatic carbocycles. The summed E-state index contributed by atoms with van der Waals surface area (Å²) in [5, 5.41) is 2.62. The smallest absolute Gasteiger partial charge is 0.261 e. The predicted molar refractivity (Wildman–Crippen MR) is 110 cm³/mol. The Balaban J connectivity index is 2.00. The Morgan fingerprint density at radius 2 is 1.46 bits per heavy atom. The zero-order valence-corrected chi connectivity index (χ0v) is 16.8. The van der Waals surface area contributed by atoms with Gasteiger partial charge in [0.1, 0.15) is 0 Å². The Morgan fingerprint density at radius 1 is 0.885 bits per heavy atom. The molecule has 3 aromatic rings. The molecule has 1 heterocycles. The van der Waals surface area contributed by atoms with Gasteiger partial charge in [0.05, 0.1) is 5.69 Å². The van der Waals surface area contributed by atoms with Gasteiger partial charge in [-0.25, -0.2) is 0 Å². The van der Waals surface area contributed by atoms with Gasteiger partial charge in [-0.15, -0.1) is 0 Å². The maximum absolute atomic E-state index is 6.85. The normalized spacial score (nSPS) is 12.1. The Hall–Kier alpha value is -2.23. The molecule has 0 bridgehead atoms. The minimum absolute atomic E-state index is 0.00351. The SMILES string of the molecule is CC(C)(C)[Si](OCCc1[c]cccn1)(c1ccccc1)c1ccccc1. The fourth-order valence-electron chi connectivity index (χ4n) is 3.56. The van der Waals surface area contributed by atoms with Gasteiger partial charge in [0.25, 0.3) is 8.32 Å². The van der Waals surface area contributed by atoms with Crippen LogP contribution in [0.1, 0.15) is 26.5 Å². The molecule has 3 rings (SSSR count). The topological polar surface area (TPSA) is 22.1 Å². The first-order valence-electron chi connectivity index (χ1n) is 9.10. The molecular formula is C23H26NOSi. The van der Waals surface area contributed by atoms with Crippen LogP contribution in [0, 0.1) is 6.07 Å². The van der Waals surface area contributed by atoms with Crippen molar-refractivity contribution in [3.05, 3.63) is 90.8 Å². The van der Waals surface area contributed by atoms with E-state index >= 15 is 0 Å². The van der Waals surface area contributed by atoms with Gasteiger partial charge in [-0.05, 0) is 21.5 Å². The molecule has 2 nitrogen and oxygen atoms in total. The molecule has 26 heavy (non-hydrogen) atoms. The third kappa shape index (κ3) is 3.79. The van der Waals surface area contributed by atoms with Crippen LogP contribution >= 0.6 is 0 Å². The van der Waals surface area contributed by atoms with E-state index in [0.29, 0.717) is 6.61 Å². The minimum atomic E-state index is -2.44. The Bertz CT molecular complexity index is 758. The monoisotopic (exact) mass is 360 g/mol. The fraction of sp³-hybridized carbons (Fsp3) is 0.261. The van der Waals surface area contributed by atoms with E-state index in [0.717, 1.165) is 12.1 Å². The lowest BCUT2D eigenvalue weighted by atomic mass is 10.2. The van der Waals surface area contributed by atoms with Crippen LogP contribution in [0.4, 0.5) is 0 Å². The molecule has 0 atom stereocenters. The number of aromatic nitrogens is 1. The van der Waals surface area contributed by atoms with Crippen molar-refractivity contribution in [3.63, 3.8) is 0 Å². The van der Waals surface area contributed by atoms with Crippen LogP contribution in [0.2, 0.25) is 5.04 Å². The summed E-state index contributed by atoms with van der Waals surface area (Å²) in [4.78, 5) is 4.39. The van der Waals surface area contributed by atoms with E-state index in [2.05, 4.69) is 92.5 Å². The van der Waals surface area contributed by atoms with Crippen LogP contribution in [0.3, 0.4) is 0 Å². The first-order chi connectivity index (χ1) is 12.5. The lowest BCUT2D eigenvalue weighted by Gasteiger charge is -2.43. The van der Waals surface area contributed by atoms with Gasteiger partial charge in [-0.1, -0.05) is 87.5 Å². The first-order valence-corrected chi connectivity index (χ1v) is 11.0. The van der Waals surface area contributed by atoms with E-state index in [1.54, 1.807) is 0 Å². The summed E-state index contributed by atoms with van der Waals surface area (Å²) >= 11 is 0. The van der Waals surface area contributed by atoms with Crippen molar-refractivity contribution in [1.29, 1.82) is 0 Å². The zero-order chi connectivity index (χ0) is 18.5. The molecule has 3 heteroatoms. The van der Waals surface area contributed by atoms with Gasteiger partial charge >= 0.3 is 0 Å². The van der Waals surface area contributed by atoms with Gasteiger partial charge < -0.3 is 4.43 Å². The van der Waals surface area contributed by atoms with Crippen LogP contribution in [0.5, 0.6) is 0 Å². The molecule has 0 aliphatic rings. The molecule has 0 saturated heterocycles. The van der Waals surface area contributed by atoms with Gasteiger partial charge in [0, 0.05) is 25.3 Å². The largest absolute Gasteiger partial charge is 0.407 e. The summed E-state index contributed by atoms with van der Waals surface area (Å²) in [5.74, 6) is 0. The molecule has 0 spiro atoms. The molecule has 0 N–H and O–H groups in total. The number of benzene rings is 2. The van der Waals surface area contributed by atoms with E-state index in [1.807, 2.05) is 18.3 Å². The van der Waals surface area contributed by atoms with Crippen LogP contribution < -0.4 is 10.4 Å². The fourth-order valence-corrected chi connectivity index (χ4v) is 8.12. The Kier molecular flexibility index (Phi) is 5.69. The van der Waals surface area contributed by atoms with Gasteiger partial charge in [0.2, 0.25) is 0 Å². The highest BCUT2D eigenvalue weighted by Crippen LogP contribution is 2.36. The maximum Gasteiger partial charge on any atom is 0.261 e. The quantitative estimate of drug-likeness (QED) is 0.620. The van der Waals surface area contributed by atoms with Crippen molar-refractivity contribution in [2.24, 2.45) is 0 Å². The summed E-state index contributed by atoms with van der Waals surface area (Å²) < 4.78 is 6.85. The van der Waals surface area contributed by atoms with E-state index in [9.17, 15) is 0 Å². The molecule has 1 radical (unpaired) electrons. The number of rotatable bonds is 6. The average Bonchev–Trinajstić information content (AvgIpc) is 2.66. The molecule has 0 fully saturated rings. The second kappa shape index (κ2) is 7.98. The van der Waals surface area contributed by atoms with E-state index in [4.69, 9.17) is 4.43 Å². The number of nitrogens with zero attached hydrogens (tertiary/aromatic N) is 1. The standard InChI is InChI=1S/C23H26NOSi/c1-23(2,3)26(21-13-6-4-7-14-21,22-15-8-5-9-16-22)25-19-17-20-12-10-11-18-24-20/h4-11,13-16,18H,17,19H2,1-3H3. The van der Waals surface area contributed by atoms with Gasteiger partial charge in [0.15, 0.2) is 0 Å². The van der Waals surface area contributed by atoms with Crippen molar-refractivity contribution < 1.29 is 4.43 Å². The van der Waals surface area contributed by atoms with E-state index in [-0.39, 0.29) is 5.04 Å². The maximum atomic E-state index is 6.85. The highest BCUT2D eigenvalue weighted by molar-refractivity contribution is 6.99. The number of pyridine rings is 1. The summed E-state index contributed by atoms with van der Waals surface area (Å²) in [6, 6.07) is 28.5. The first kappa shape index (κ1) is 18.6. The molecule has 0 saturated carbocycles. The second-order valence-electron chi connectivity index (χ2n) is 7.49. The number of hydrogen-bond donors (Lipinski definition) is 0. The van der Waals surface area contributed by atoms with Gasteiger partial charge in [-0.3, -0.25) is 4.98 Å². The molecule has 0 aliphatic carbocycles. The second-order valence-corrected chi connectivity index (χ2v) is 11.8. The van der Waals surface area contributed by atoms with Crippen molar-refractivity contribution in [2.45, 2.75) is 32.2 Å². The van der Waals surface area contributed by atoms with Crippen LogP contribution in [0.25, 0.3) is 0 Å². The highest BCUT2D eigenvalue weighted by Gasteiger charge is 2.49. The van der Waals surface area contributed by atoms with Crippen molar-refractivity contribution in [3.8, 4) is 0 Å². The third-order valence-electron chi connectivity index (χ3n) is 4.74. The van der Waals surface area contributed by atoms with Crippen LogP contribution in [-0.4, -0.2) is 19.9 Å². The average molecular weight is 361 g/mol.